The minimum atomic E-state index is -0.0101. The van der Waals surface area contributed by atoms with Crippen LogP contribution in [0.25, 0.3) is 10.2 Å². The first-order chi connectivity index (χ1) is 15.5. The molecule has 2 heterocycles. The van der Waals surface area contributed by atoms with Crippen LogP contribution in [0.1, 0.15) is 21.5 Å². The van der Waals surface area contributed by atoms with Gasteiger partial charge in [0.2, 0.25) is 0 Å². The first-order valence-corrected chi connectivity index (χ1v) is 11.7. The normalized spacial score (nSPS) is 14.6. The maximum absolute atomic E-state index is 12.4. The number of thiazole rings is 1. The van der Waals surface area contributed by atoms with Gasteiger partial charge in [0.15, 0.2) is 5.13 Å². The summed E-state index contributed by atoms with van der Waals surface area (Å²) in [6.07, 6.45) is 0. The van der Waals surface area contributed by atoms with E-state index < -0.39 is 0 Å². The third-order valence-corrected chi connectivity index (χ3v) is 7.16. The second-order valence-corrected chi connectivity index (χ2v) is 9.01. The summed E-state index contributed by atoms with van der Waals surface area (Å²) in [5.41, 5.74) is 3.91. The molecule has 1 saturated heterocycles. The lowest BCUT2D eigenvalue weighted by Crippen LogP contribution is -2.48. The van der Waals surface area contributed by atoms with Gasteiger partial charge in [-0.15, -0.1) is 0 Å². The number of rotatable bonds is 7. The SMILES string of the molecule is COc1ccc(OC)c2sc(N3CCN(CCNC(=O)c4ccc(C)c(C)c4)CC3)nc12. The molecule has 1 aliphatic rings. The monoisotopic (exact) mass is 454 g/mol. The van der Waals surface area contributed by atoms with Gasteiger partial charge in [0.05, 0.1) is 14.2 Å². The molecule has 1 aliphatic heterocycles. The Hall–Kier alpha value is -2.84. The Balaban J connectivity index is 1.30. The van der Waals surface area contributed by atoms with E-state index in [2.05, 4.69) is 22.0 Å². The molecule has 4 rings (SSSR count). The lowest BCUT2D eigenvalue weighted by molar-refractivity contribution is 0.0947. The lowest BCUT2D eigenvalue weighted by Gasteiger charge is -2.34. The number of fused-ring (bicyclic) bond motifs is 1. The number of methoxy groups -OCH3 is 2. The molecule has 32 heavy (non-hydrogen) atoms. The maximum Gasteiger partial charge on any atom is 0.251 e. The summed E-state index contributed by atoms with van der Waals surface area (Å²) in [7, 11) is 3.34. The van der Waals surface area contributed by atoms with Gasteiger partial charge >= 0.3 is 0 Å². The van der Waals surface area contributed by atoms with Crippen LogP contribution in [-0.4, -0.2) is 69.3 Å². The molecule has 1 amide bonds. The molecular weight excluding hydrogens is 424 g/mol. The molecule has 1 N–H and O–H groups in total. The highest BCUT2D eigenvalue weighted by molar-refractivity contribution is 7.22. The Morgan fingerprint density at radius 1 is 1.03 bits per heavy atom. The van der Waals surface area contributed by atoms with Crippen LogP contribution in [-0.2, 0) is 0 Å². The fraction of sp³-hybridized carbons (Fsp3) is 0.417. The van der Waals surface area contributed by atoms with Crippen molar-refractivity contribution in [2.24, 2.45) is 0 Å². The summed E-state index contributed by atoms with van der Waals surface area (Å²) in [5, 5.41) is 4.04. The van der Waals surface area contributed by atoms with Crippen molar-refractivity contribution in [3.8, 4) is 11.5 Å². The molecule has 0 radical (unpaired) electrons. The number of carbonyl (C=O) groups is 1. The Morgan fingerprint density at radius 2 is 1.75 bits per heavy atom. The number of piperazine rings is 1. The molecule has 8 heteroatoms. The fourth-order valence-corrected chi connectivity index (χ4v) is 5.01. The lowest BCUT2D eigenvalue weighted by atomic mass is 10.1. The fourth-order valence-electron chi connectivity index (χ4n) is 3.88. The highest BCUT2D eigenvalue weighted by atomic mass is 32.1. The van der Waals surface area contributed by atoms with E-state index in [4.69, 9.17) is 14.5 Å². The van der Waals surface area contributed by atoms with Gasteiger partial charge in [0, 0.05) is 44.8 Å². The number of carbonyl (C=O) groups excluding carboxylic acids is 1. The van der Waals surface area contributed by atoms with Gasteiger partial charge in [-0.05, 0) is 49.2 Å². The van der Waals surface area contributed by atoms with Crippen molar-refractivity contribution in [3.63, 3.8) is 0 Å². The molecule has 1 fully saturated rings. The van der Waals surface area contributed by atoms with Gasteiger partial charge in [0.1, 0.15) is 21.7 Å². The number of aryl methyl sites for hydroxylation is 2. The van der Waals surface area contributed by atoms with Gasteiger partial charge in [-0.2, -0.15) is 0 Å². The molecule has 0 spiro atoms. The third kappa shape index (κ3) is 4.66. The summed E-state index contributed by atoms with van der Waals surface area (Å²) in [4.78, 5) is 21.9. The van der Waals surface area contributed by atoms with Gasteiger partial charge < -0.3 is 19.7 Å². The number of nitrogens with zero attached hydrogens (tertiary/aromatic N) is 3. The maximum atomic E-state index is 12.4. The zero-order chi connectivity index (χ0) is 22.7. The molecule has 7 nitrogen and oxygen atoms in total. The van der Waals surface area contributed by atoms with Crippen molar-refractivity contribution in [2.45, 2.75) is 13.8 Å². The van der Waals surface area contributed by atoms with E-state index in [1.807, 2.05) is 37.3 Å². The van der Waals surface area contributed by atoms with Crippen molar-refractivity contribution < 1.29 is 14.3 Å². The zero-order valence-corrected chi connectivity index (χ0v) is 19.9. The average Bonchev–Trinajstić information content (AvgIpc) is 3.26. The Morgan fingerprint density at radius 3 is 2.44 bits per heavy atom. The van der Waals surface area contributed by atoms with Gasteiger partial charge in [-0.1, -0.05) is 17.4 Å². The molecule has 0 bridgehead atoms. The van der Waals surface area contributed by atoms with Crippen LogP contribution in [0, 0.1) is 13.8 Å². The summed E-state index contributed by atoms with van der Waals surface area (Å²) < 4.78 is 12.0. The molecular formula is C24H30N4O3S. The van der Waals surface area contributed by atoms with E-state index in [1.54, 1.807) is 25.6 Å². The van der Waals surface area contributed by atoms with Crippen LogP contribution in [0.2, 0.25) is 0 Å². The van der Waals surface area contributed by atoms with Crippen LogP contribution in [0.3, 0.4) is 0 Å². The molecule has 1 aromatic heterocycles. The van der Waals surface area contributed by atoms with Crippen LogP contribution in [0.15, 0.2) is 30.3 Å². The van der Waals surface area contributed by atoms with E-state index in [0.29, 0.717) is 6.54 Å². The van der Waals surface area contributed by atoms with Gasteiger partial charge in [-0.3, -0.25) is 9.69 Å². The molecule has 0 saturated carbocycles. The predicted octanol–water partition coefficient (Wildman–Crippen LogP) is 3.48. The minimum Gasteiger partial charge on any atom is -0.495 e. The first kappa shape index (κ1) is 22.4. The number of anilines is 1. The van der Waals surface area contributed by atoms with E-state index in [9.17, 15) is 4.79 Å². The van der Waals surface area contributed by atoms with Crippen molar-refractivity contribution in [2.75, 3.05) is 58.4 Å². The Kier molecular flexibility index (Phi) is 6.81. The standard InChI is InChI=1S/C24H30N4O3S/c1-16-5-6-18(15-17(16)2)23(29)25-9-10-27-11-13-28(14-12-27)24-26-21-19(30-3)7-8-20(31-4)22(21)32-24/h5-8,15H,9-14H2,1-4H3,(H,25,29). The van der Waals surface area contributed by atoms with Gasteiger partial charge in [0.25, 0.3) is 5.91 Å². The highest BCUT2D eigenvalue weighted by Crippen LogP contribution is 2.40. The van der Waals surface area contributed by atoms with E-state index in [1.165, 1.54) is 5.56 Å². The number of benzene rings is 2. The molecule has 0 aliphatic carbocycles. The van der Waals surface area contributed by atoms with E-state index in [0.717, 1.165) is 70.7 Å². The summed E-state index contributed by atoms with van der Waals surface area (Å²) in [6.45, 7) is 9.23. The van der Waals surface area contributed by atoms with Crippen LogP contribution < -0.4 is 19.7 Å². The number of nitrogens with one attached hydrogen (secondary N) is 1. The van der Waals surface area contributed by atoms with Crippen molar-refractivity contribution >= 4 is 32.6 Å². The van der Waals surface area contributed by atoms with Crippen molar-refractivity contribution in [1.82, 2.24) is 15.2 Å². The number of hydrogen-bond donors (Lipinski definition) is 1. The molecule has 0 atom stereocenters. The van der Waals surface area contributed by atoms with Crippen LogP contribution in [0.5, 0.6) is 11.5 Å². The van der Waals surface area contributed by atoms with E-state index in [-0.39, 0.29) is 5.91 Å². The zero-order valence-electron chi connectivity index (χ0n) is 19.1. The highest BCUT2D eigenvalue weighted by Gasteiger charge is 2.22. The smallest absolute Gasteiger partial charge is 0.251 e. The summed E-state index contributed by atoms with van der Waals surface area (Å²) in [6, 6.07) is 9.66. The largest absolute Gasteiger partial charge is 0.495 e. The average molecular weight is 455 g/mol. The topological polar surface area (TPSA) is 66.9 Å². The number of hydrogen-bond acceptors (Lipinski definition) is 7. The number of amides is 1. The van der Waals surface area contributed by atoms with Crippen LogP contribution in [0.4, 0.5) is 5.13 Å². The molecule has 170 valence electrons. The van der Waals surface area contributed by atoms with Gasteiger partial charge in [-0.25, -0.2) is 4.98 Å². The minimum absolute atomic E-state index is 0.0101. The predicted molar refractivity (Wildman–Crippen MR) is 130 cm³/mol. The second-order valence-electron chi connectivity index (χ2n) is 8.03. The summed E-state index contributed by atoms with van der Waals surface area (Å²) in [5.74, 6) is 1.58. The van der Waals surface area contributed by atoms with Crippen molar-refractivity contribution in [3.05, 3.63) is 47.0 Å². The molecule has 0 unspecified atom stereocenters. The number of ether oxygens (including phenoxy) is 2. The first-order valence-electron chi connectivity index (χ1n) is 10.8. The molecule has 3 aromatic rings. The quantitative estimate of drug-likeness (QED) is 0.590. The Labute approximate surface area is 192 Å². The van der Waals surface area contributed by atoms with E-state index >= 15 is 0 Å². The third-order valence-electron chi connectivity index (χ3n) is 6.02. The van der Waals surface area contributed by atoms with Crippen molar-refractivity contribution in [1.29, 1.82) is 0 Å². The Bertz CT molecular complexity index is 1070. The van der Waals surface area contributed by atoms with Crippen LogP contribution >= 0.6 is 11.3 Å². The number of aromatic nitrogens is 1. The second kappa shape index (κ2) is 9.75. The summed E-state index contributed by atoms with van der Waals surface area (Å²) >= 11 is 1.64. The molecule has 2 aromatic carbocycles.